The molecule has 5 rings (SSSR count). The van der Waals surface area contributed by atoms with E-state index >= 15 is 0 Å². The molecular formula is C30H33F3N4O3. The van der Waals surface area contributed by atoms with Crippen LogP contribution in [0.3, 0.4) is 0 Å². The first-order valence-electron chi connectivity index (χ1n) is 13.5. The van der Waals surface area contributed by atoms with Crippen LogP contribution in [0.4, 0.5) is 18.9 Å². The van der Waals surface area contributed by atoms with Crippen molar-refractivity contribution in [2.75, 3.05) is 31.6 Å². The molecule has 2 saturated heterocycles. The third kappa shape index (κ3) is 6.63. The van der Waals surface area contributed by atoms with Crippen LogP contribution in [0.1, 0.15) is 30.4 Å². The van der Waals surface area contributed by atoms with E-state index in [0.717, 1.165) is 25.6 Å². The topological polar surface area (TPSA) is 98.5 Å². The van der Waals surface area contributed by atoms with E-state index in [1.54, 1.807) is 12.1 Å². The zero-order valence-electron chi connectivity index (χ0n) is 22.1. The molecule has 2 atom stereocenters. The molecule has 3 heterocycles. The van der Waals surface area contributed by atoms with Crippen molar-refractivity contribution in [2.24, 2.45) is 5.73 Å². The molecule has 10 heteroatoms. The van der Waals surface area contributed by atoms with Gasteiger partial charge in [0, 0.05) is 56.7 Å². The van der Waals surface area contributed by atoms with Gasteiger partial charge in [-0.3, -0.25) is 9.78 Å². The molecule has 40 heavy (non-hydrogen) atoms. The van der Waals surface area contributed by atoms with Crippen molar-refractivity contribution in [1.82, 2.24) is 10.3 Å². The lowest BCUT2D eigenvalue weighted by molar-refractivity contribution is -0.160. The molecule has 4 N–H and O–H groups in total. The van der Waals surface area contributed by atoms with Crippen LogP contribution in [0.25, 0.3) is 11.1 Å². The molecule has 1 spiro atoms. The summed E-state index contributed by atoms with van der Waals surface area (Å²) in [6, 6.07) is 9.03. The summed E-state index contributed by atoms with van der Waals surface area (Å²) in [5.74, 6) is -2.04. The number of nitrogens with two attached hydrogens (primary N) is 1. The van der Waals surface area contributed by atoms with Gasteiger partial charge in [-0.05, 0) is 48.2 Å². The van der Waals surface area contributed by atoms with E-state index < -0.39 is 29.4 Å². The number of ether oxygens (including phenoxy) is 2. The molecule has 2 aliphatic rings. The second kappa shape index (κ2) is 12.4. The molecule has 2 aromatic carbocycles. The Hall–Kier alpha value is -3.47. The molecule has 0 saturated carbocycles. The average Bonchev–Trinajstić information content (AvgIpc) is 2.94. The Morgan fingerprint density at radius 3 is 2.62 bits per heavy atom. The zero-order valence-corrected chi connectivity index (χ0v) is 22.1. The Kier molecular flexibility index (Phi) is 8.68. The Balaban J connectivity index is 1.30. The van der Waals surface area contributed by atoms with Gasteiger partial charge in [0.1, 0.15) is 23.5 Å². The first-order chi connectivity index (χ1) is 19.3. The number of nitrogens with one attached hydrogen (secondary N) is 2. The SMILES string of the molecule is NC(=O)[C@H](Cc1ccc(F)c(-c2ccc(F)cc2)c1)Nc1cncc(F)c1CC[C@@H]1CNCC2(CCOCC2)O1. The Morgan fingerprint density at radius 1 is 1.10 bits per heavy atom. The lowest BCUT2D eigenvalue weighted by Crippen LogP contribution is -2.56. The molecule has 7 nitrogen and oxygen atoms in total. The number of carbonyl (C=O) groups is 1. The quantitative estimate of drug-likeness (QED) is 0.368. The average molecular weight is 555 g/mol. The smallest absolute Gasteiger partial charge is 0.240 e. The lowest BCUT2D eigenvalue weighted by atomic mass is 9.91. The van der Waals surface area contributed by atoms with Crippen molar-refractivity contribution in [3.05, 3.63) is 83.4 Å². The highest BCUT2D eigenvalue weighted by atomic mass is 19.1. The van der Waals surface area contributed by atoms with Crippen LogP contribution < -0.4 is 16.4 Å². The fourth-order valence-corrected chi connectivity index (χ4v) is 5.44. The van der Waals surface area contributed by atoms with E-state index in [9.17, 15) is 18.0 Å². The number of hydrogen-bond donors (Lipinski definition) is 3. The first-order valence-corrected chi connectivity index (χ1v) is 13.5. The number of halogens is 3. The van der Waals surface area contributed by atoms with Crippen molar-refractivity contribution in [1.29, 1.82) is 0 Å². The molecule has 0 bridgehead atoms. The van der Waals surface area contributed by atoms with Gasteiger partial charge in [-0.15, -0.1) is 0 Å². The molecule has 1 aromatic heterocycles. The number of morpholine rings is 1. The fraction of sp³-hybridized carbons (Fsp3) is 0.400. The highest BCUT2D eigenvalue weighted by Crippen LogP contribution is 2.31. The number of hydrogen-bond acceptors (Lipinski definition) is 6. The maximum absolute atomic E-state index is 15.0. The zero-order chi connectivity index (χ0) is 28.1. The Bertz CT molecular complexity index is 1330. The summed E-state index contributed by atoms with van der Waals surface area (Å²) >= 11 is 0. The van der Waals surface area contributed by atoms with Crippen molar-refractivity contribution in [2.45, 2.75) is 49.9 Å². The molecular weight excluding hydrogens is 521 g/mol. The molecule has 2 aliphatic heterocycles. The third-order valence-electron chi connectivity index (χ3n) is 7.66. The monoisotopic (exact) mass is 554 g/mol. The minimum absolute atomic E-state index is 0.0942. The third-order valence-corrected chi connectivity index (χ3v) is 7.66. The van der Waals surface area contributed by atoms with Crippen LogP contribution >= 0.6 is 0 Å². The lowest BCUT2D eigenvalue weighted by Gasteiger charge is -2.44. The number of carbonyl (C=O) groups excluding carboxylic acids is 1. The Morgan fingerprint density at radius 2 is 1.88 bits per heavy atom. The first kappa shape index (κ1) is 28.1. The van der Waals surface area contributed by atoms with Gasteiger partial charge in [0.15, 0.2) is 0 Å². The molecule has 212 valence electrons. The van der Waals surface area contributed by atoms with E-state index in [1.165, 1.54) is 36.5 Å². The number of aromatic nitrogens is 1. The van der Waals surface area contributed by atoms with E-state index in [4.69, 9.17) is 15.2 Å². The second-order valence-electron chi connectivity index (χ2n) is 10.5. The second-order valence-corrected chi connectivity index (χ2v) is 10.5. The van der Waals surface area contributed by atoms with Gasteiger partial charge < -0.3 is 25.8 Å². The maximum Gasteiger partial charge on any atom is 0.240 e. The number of benzene rings is 2. The molecule has 0 aliphatic carbocycles. The fourth-order valence-electron chi connectivity index (χ4n) is 5.44. The normalized spacial score (nSPS) is 19.3. The van der Waals surface area contributed by atoms with Crippen molar-refractivity contribution < 1.29 is 27.4 Å². The van der Waals surface area contributed by atoms with Crippen LogP contribution in [-0.2, 0) is 27.1 Å². The largest absolute Gasteiger partial charge is 0.381 e. The van der Waals surface area contributed by atoms with Gasteiger partial charge in [-0.2, -0.15) is 0 Å². The highest BCUT2D eigenvalue weighted by Gasteiger charge is 2.38. The number of rotatable bonds is 9. The van der Waals surface area contributed by atoms with Crippen LogP contribution in [0, 0.1) is 17.5 Å². The van der Waals surface area contributed by atoms with Crippen molar-refractivity contribution >= 4 is 11.6 Å². The van der Waals surface area contributed by atoms with Gasteiger partial charge in [0.2, 0.25) is 5.91 Å². The van der Waals surface area contributed by atoms with Gasteiger partial charge in [-0.1, -0.05) is 18.2 Å². The van der Waals surface area contributed by atoms with E-state index in [-0.39, 0.29) is 23.7 Å². The predicted octanol–water partition coefficient (Wildman–Crippen LogP) is 4.14. The summed E-state index contributed by atoms with van der Waals surface area (Å²) in [6.45, 7) is 2.77. The van der Waals surface area contributed by atoms with Gasteiger partial charge in [0.25, 0.3) is 0 Å². The van der Waals surface area contributed by atoms with E-state index in [2.05, 4.69) is 15.6 Å². The minimum atomic E-state index is -0.910. The van der Waals surface area contributed by atoms with Crippen LogP contribution in [0.2, 0.25) is 0 Å². The maximum atomic E-state index is 15.0. The summed E-state index contributed by atoms with van der Waals surface area (Å²) < 4.78 is 54.9. The molecule has 3 aromatic rings. The van der Waals surface area contributed by atoms with Gasteiger partial charge in [-0.25, -0.2) is 13.2 Å². The van der Waals surface area contributed by atoms with Crippen LogP contribution in [-0.4, -0.2) is 54.9 Å². The Labute approximate surface area is 231 Å². The minimum Gasteiger partial charge on any atom is -0.381 e. The summed E-state index contributed by atoms with van der Waals surface area (Å²) in [5, 5.41) is 6.52. The molecule has 1 amide bonds. The summed E-state index contributed by atoms with van der Waals surface area (Å²) in [5.41, 5.74) is 7.63. The molecule has 0 unspecified atom stereocenters. The predicted molar refractivity (Wildman–Crippen MR) is 145 cm³/mol. The molecule has 2 fully saturated rings. The summed E-state index contributed by atoms with van der Waals surface area (Å²) in [4.78, 5) is 16.4. The summed E-state index contributed by atoms with van der Waals surface area (Å²) in [7, 11) is 0. The van der Waals surface area contributed by atoms with Gasteiger partial charge in [0.05, 0.1) is 29.8 Å². The number of primary amides is 1. The van der Waals surface area contributed by atoms with E-state index in [0.29, 0.717) is 55.0 Å². The number of nitrogens with zero attached hydrogens (tertiary/aromatic N) is 1. The van der Waals surface area contributed by atoms with Crippen LogP contribution in [0.15, 0.2) is 54.9 Å². The molecule has 0 radical (unpaired) electrons. The van der Waals surface area contributed by atoms with Gasteiger partial charge >= 0.3 is 0 Å². The van der Waals surface area contributed by atoms with E-state index in [1.807, 2.05) is 0 Å². The van der Waals surface area contributed by atoms with Crippen molar-refractivity contribution in [3.8, 4) is 11.1 Å². The number of amides is 1. The standard InChI is InChI=1S/C30H33F3N4O3/c31-21-4-2-20(3-5-21)24-13-19(1-8-25(24)32)14-27(29(34)38)37-28-17-35-16-26(33)23(28)7-6-22-15-36-18-30(40-22)9-11-39-12-10-30/h1-5,8,13,16-17,22,27,36-37H,6-7,9-12,14-15,18H2,(H2,34,38)/t22-,27+/m1/s1. The number of pyridine rings is 1. The summed E-state index contributed by atoms with van der Waals surface area (Å²) in [6.07, 6.45) is 5.23. The number of anilines is 1. The highest BCUT2D eigenvalue weighted by molar-refractivity contribution is 5.83. The van der Waals surface area contributed by atoms with Crippen LogP contribution in [0.5, 0.6) is 0 Å². The van der Waals surface area contributed by atoms with Crippen molar-refractivity contribution in [3.63, 3.8) is 0 Å².